The van der Waals surface area contributed by atoms with Crippen LogP contribution in [0.2, 0.25) is 0 Å². The standard InChI is InChI=1S/C14H18BN3O4S/c1-8(2)22-13-10(4-9(3)5-11(13)15(20)21)6-16-18-14-17-12(19)7-23-14/h4-6,8,20-21H,7H2,1-3H3,(H,17,18,19). The summed E-state index contributed by atoms with van der Waals surface area (Å²) in [6, 6.07) is 3.46. The first-order valence-electron chi connectivity index (χ1n) is 7.08. The minimum absolute atomic E-state index is 0.103. The van der Waals surface area contributed by atoms with Crippen LogP contribution in [0.25, 0.3) is 0 Å². The van der Waals surface area contributed by atoms with E-state index in [1.165, 1.54) is 18.0 Å². The van der Waals surface area contributed by atoms with Crippen LogP contribution >= 0.6 is 11.8 Å². The number of nitrogens with zero attached hydrogens (tertiary/aromatic N) is 2. The van der Waals surface area contributed by atoms with E-state index in [0.29, 0.717) is 22.2 Å². The predicted octanol–water partition coefficient (Wildman–Crippen LogP) is 0.0149. The number of ether oxygens (including phenoxy) is 1. The molecule has 0 bridgehead atoms. The highest BCUT2D eigenvalue weighted by Gasteiger charge is 2.21. The fraction of sp³-hybridized carbons (Fsp3) is 0.357. The normalized spacial score (nSPS) is 16.4. The Balaban J connectivity index is 2.34. The minimum atomic E-state index is -1.65. The number of amidine groups is 1. The third-order valence-corrected chi connectivity index (χ3v) is 3.72. The zero-order valence-corrected chi connectivity index (χ0v) is 13.9. The summed E-state index contributed by atoms with van der Waals surface area (Å²) in [5.41, 5.74) is 1.69. The molecule has 23 heavy (non-hydrogen) atoms. The fourth-order valence-corrected chi connectivity index (χ4v) is 2.64. The smallest absolute Gasteiger partial charge is 0.491 e. The topological polar surface area (TPSA) is 104 Å². The first-order chi connectivity index (χ1) is 10.9. The lowest BCUT2D eigenvalue weighted by Crippen LogP contribution is -2.33. The Bertz CT molecular complexity index is 662. The van der Waals surface area contributed by atoms with Crippen molar-refractivity contribution in [1.29, 1.82) is 0 Å². The third-order valence-electron chi connectivity index (χ3n) is 2.85. The van der Waals surface area contributed by atoms with E-state index in [1.807, 2.05) is 26.8 Å². The van der Waals surface area contributed by atoms with Gasteiger partial charge in [-0.3, -0.25) is 4.79 Å². The third kappa shape index (κ3) is 4.82. The molecule has 9 heteroatoms. The van der Waals surface area contributed by atoms with Crippen LogP contribution in [0.1, 0.15) is 25.0 Å². The van der Waals surface area contributed by atoms with Crippen molar-refractivity contribution in [3.05, 3.63) is 23.3 Å². The molecule has 7 nitrogen and oxygen atoms in total. The molecule has 1 aromatic rings. The van der Waals surface area contributed by atoms with Gasteiger partial charge in [0, 0.05) is 11.0 Å². The highest BCUT2D eigenvalue weighted by Crippen LogP contribution is 2.19. The van der Waals surface area contributed by atoms with Gasteiger partial charge in [0.1, 0.15) is 5.75 Å². The van der Waals surface area contributed by atoms with Gasteiger partial charge in [-0.05, 0) is 26.8 Å². The number of carbonyl (C=O) groups excluding carboxylic acids is 1. The van der Waals surface area contributed by atoms with Crippen LogP contribution in [-0.2, 0) is 4.79 Å². The van der Waals surface area contributed by atoms with E-state index in [-0.39, 0.29) is 17.5 Å². The molecule has 1 aliphatic heterocycles. The Labute approximate surface area is 139 Å². The maximum atomic E-state index is 11.1. The molecule has 1 aromatic carbocycles. The molecule has 1 saturated heterocycles. The molecule has 1 heterocycles. The number of hydrogen-bond donors (Lipinski definition) is 3. The lowest BCUT2D eigenvalue weighted by atomic mass is 9.77. The number of benzene rings is 1. The number of amides is 1. The van der Waals surface area contributed by atoms with Gasteiger partial charge in [0.2, 0.25) is 5.91 Å². The van der Waals surface area contributed by atoms with Crippen LogP contribution in [0, 0.1) is 6.92 Å². The van der Waals surface area contributed by atoms with E-state index in [0.717, 1.165) is 5.56 Å². The van der Waals surface area contributed by atoms with Gasteiger partial charge in [0.05, 0.1) is 18.1 Å². The SMILES string of the molecule is Cc1cc(C=NN=C2NC(=O)CS2)c(OC(C)C)c(B(O)O)c1. The first kappa shape index (κ1) is 17.5. The summed E-state index contributed by atoms with van der Waals surface area (Å²) in [5.74, 6) is 0.586. The Hall–Kier alpha value is -1.84. The summed E-state index contributed by atoms with van der Waals surface area (Å²) in [5, 5.41) is 30.0. The van der Waals surface area contributed by atoms with Crippen LogP contribution in [0.3, 0.4) is 0 Å². The second kappa shape index (κ2) is 7.63. The van der Waals surface area contributed by atoms with Crippen molar-refractivity contribution in [3.8, 4) is 5.75 Å². The maximum Gasteiger partial charge on any atom is 0.492 e. The Kier molecular flexibility index (Phi) is 5.81. The second-order valence-electron chi connectivity index (χ2n) is 5.30. The molecule has 1 fully saturated rings. The summed E-state index contributed by atoms with van der Waals surface area (Å²) in [6.45, 7) is 5.53. The van der Waals surface area contributed by atoms with E-state index in [2.05, 4.69) is 15.5 Å². The molecule has 0 radical (unpaired) electrons. The monoisotopic (exact) mass is 335 g/mol. The van der Waals surface area contributed by atoms with Gasteiger partial charge in [0.25, 0.3) is 0 Å². The molecule has 1 aliphatic rings. The molecule has 2 rings (SSSR count). The highest BCUT2D eigenvalue weighted by molar-refractivity contribution is 8.15. The van der Waals surface area contributed by atoms with E-state index in [1.54, 1.807) is 6.07 Å². The number of aryl methyl sites for hydroxylation is 1. The number of thioether (sulfide) groups is 1. The maximum absolute atomic E-state index is 11.1. The summed E-state index contributed by atoms with van der Waals surface area (Å²) in [7, 11) is -1.65. The van der Waals surface area contributed by atoms with Crippen molar-refractivity contribution >= 4 is 41.6 Å². The number of nitrogens with one attached hydrogen (secondary N) is 1. The van der Waals surface area contributed by atoms with Gasteiger partial charge < -0.3 is 20.1 Å². The molecular formula is C14H18BN3O4S. The summed E-state index contributed by atoms with van der Waals surface area (Å²) in [4.78, 5) is 11.1. The highest BCUT2D eigenvalue weighted by atomic mass is 32.2. The minimum Gasteiger partial charge on any atom is -0.491 e. The van der Waals surface area contributed by atoms with E-state index in [9.17, 15) is 14.8 Å². The van der Waals surface area contributed by atoms with E-state index < -0.39 is 7.12 Å². The molecule has 0 aliphatic carbocycles. The Morgan fingerprint density at radius 3 is 2.74 bits per heavy atom. The van der Waals surface area contributed by atoms with Crippen LogP contribution in [0.5, 0.6) is 5.75 Å². The van der Waals surface area contributed by atoms with Gasteiger partial charge in [-0.2, -0.15) is 5.10 Å². The van der Waals surface area contributed by atoms with Crippen molar-refractivity contribution in [2.75, 3.05) is 5.75 Å². The van der Waals surface area contributed by atoms with Crippen molar-refractivity contribution in [2.45, 2.75) is 26.9 Å². The Morgan fingerprint density at radius 1 is 1.43 bits per heavy atom. The van der Waals surface area contributed by atoms with Gasteiger partial charge in [0.15, 0.2) is 5.17 Å². The molecule has 0 spiro atoms. The predicted molar refractivity (Wildman–Crippen MR) is 92.4 cm³/mol. The van der Waals surface area contributed by atoms with Crippen molar-refractivity contribution in [3.63, 3.8) is 0 Å². The van der Waals surface area contributed by atoms with Gasteiger partial charge in [-0.25, -0.2) is 0 Å². The first-order valence-corrected chi connectivity index (χ1v) is 8.06. The number of rotatable bonds is 5. The average molecular weight is 335 g/mol. The molecule has 3 N–H and O–H groups in total. The zero-order valence-electron chi connectivity index (χ0n) is 13.1. The summed E-state index contributed by atoms with van der Waals surface area (Å²) >= 11 is 1.28. The molecule has 0 atom stereocenters. The van der Waals surface area contributed by atoms with Crippen molar-refractivity contribution in [1.82, 2.24) is 5.32 Å². The molecule has 0 aromatic heterocycles. The number of hydrogen-bond acceptors (Lipinski definition) is 7. The van der Waals surface area contributed by atoms with E-state index >= 15 is 0 Å². The zero-order chi connectivity index (χ0) is 17.0. The Morgan fingerprint density at radius 2 is 2.17 bits per heavy atom. The van der Waals surface area contributed by atoms with Gasteiger partial charge >= 0.3 is 7.12 Å². The molecule has 0 unspecified atom stereocenters. The van der Waals surface area contributed by atoms with Crippen LogP contribution in [-0.4, -0.2) is 46.3 Å². The molecule has 0 saturated carbocycles. The lowest BCUT2D eigenvalue weighted by molar-refractivity contribution is -0.116. The lowest BCUT2D eigenvalue weighted by Gasteiger charge is -2.17. The van der Waals surface area contributed by atoms with Crippen LogP contribution in [0.15, 0.2) is 22.3 Å². The van der Waals surface area contributed by atoms with Crippen molar-refractivity contribution < 1.29 is 19.6 Å². The van der Waals surface area contributed by atoms with Gasteiger partial charge in [-0.1, -0.05) is 23.4 Å². The quantitative estimate of drug-likeness (QED) is 0.400. The van der Waals surface area contributed by atoms with Gasteiger partial charge in [-0.15, -0.1) is 5.10 Å². The second-order valence-corrected chi connectivity index (χ2v) is 6.26. The summed E-state index contributed by atoms with van der Waals surface area (Å²) in [6.07, 6.45) is 1.33. The average Bonchev–Trinajstić information content (AvgIpc) is 2.86. The molecular weight excluding hydrogens is 317 g/mol. The summed E-state index contributed by atoms with van der Waals surface area (Å²) < 4.78 is 5.70. The van der Waals surface area contributed by atoms with Crippen LogP contribution < -0.4 is 15.5 Å². The molecule has 1 amide bonds. The van der Waals surface area contributed by atoms with Crippen molar-refractivity contribution in [2.24, 2.45) is 10.2 Å². The fourth-order valence-electron chi connectivity index (χ4n) is 2.01. The molecule has 122 valence electrons. The largest absolute Gasteiger partial charge is 0.492 e. The van der Waals surface area contributed by atoms with E-state index in [4.69, 9.17) is 4.74 Å². The number of carbonyl (C=O) groups is 1. The van der Waals surface area contributed by atoms with Crippen LogP contribution in [0.4, 0.5) is 0 Å².